The van der Waals surface area contributed by atoms with Crippen molar-refractivity contribution < 1.29 is 18.7 Å². The van der Waals surface area contributed by atoms with Crippen LogP contribution in [0.2, 0.25) is 0 Å². The van der Waals surface area contributed by atoms with Gasteiger partial charge in [-0.15, -0.1) is 0 Å². The lowest BCUT2D eigenvalue weighted by Crippen LogP contribution is -2.34. The third-order valence-corrected chi connectivity index (χ3v) is 3.93. The van der Waals surface area contributed by atoms with E-state index in [1.165, 1.54) is 29.1 Å². The summed E-state index contributed by atoms with van der Waals surface area (Å²) in [5.74, 6) is 0.614. The number of amides is 1. The van der Waals surface area contributed by atoms with Gasteiger partial charge in [0.1, 0.15) is 30.5 Å². The van der Waals surface area contributed by atoms with E-state index in [1.54, 1.807) is 12.1 Å². The van der Waals surface area contributed by atoms with Gasteiger partial charge in [0, 0.05) is 6.07 Å². The Kier molecular flexibility index (Phi) is 6.21. The molecule has 0 atom stereocenters. The first-order valence-corrected chi connectivity index (χ1v) is 8.84. The zero-order valence-electron chi connectivity index (χ0n) is 15.4. The number of aromatic nitrogens is 2. The summed E-state index contributed by atoms with van der Waals surface area (Å²) < 4.78 is 25.3. The van der Waals surface area contributed by atoms with E-state index in [-0.39, 0.29) is 36.5 Å². The number of nitrogens with zero attached hydrogens (tertiary/aromatic N) is 2. The number of fused-ring (bicyclic) bond motifs is 1. The van der Waals surface area contributed by atoms with Crippen LogP contribution in [0.5, 0.6) is 11.5 Å². The van der Waals surface area contributed by atoms with E-state index < -0.39 is 11.4 Å². The van der Waals surface area contributed by atoms with E-state index in [0.29, 0.717) is 12.4 Å². The standard InChI is InChI=1S/C20H20FN3O4/c1-2-27-15-4-6-16(7-5-15)28-10-9-22-19(25)12-24-13-23-18-11-14(21)3-8-17(18)20(24)26/h3-8,11,13H,2,9-10,12H2,1H3,(H,22,25). The highest BCUT2D eigenvalue weighted by atomic mass is 19.1. The number of ether oxygens (including phenoxy) is 2. The maximum absolute atomic E-state index is 13.2. The minimum absolute atomic E-state index is 0.178. The number of nitrogens with one attached hydrogen (secondary N) is 1. The summed E-state index contributed by atoms with van der Waals surface area (Å²) in [6.45, 7) is 2.90. The Labute approximate surface area is 160 Å². The fraction of sp³-hybridized carbons (Fsp3) is 0.250. The van der Waals surface area contributed by atoms with E-state index in [9.17, 15) is 14.0 Å². The Morgan fingerprint density at radius 3 is 2.57 bits per heavy atom. The third-order valence-electron chi connectivity index (χ3n) is 3.93. The van der Waals surface area contributed by atoms with Crippen LogP contribution in [-0.4, -0.2) is 35.2 Å². The Balaban J connectivity index is 1.49. The average Bonchev–Trinajstić information content (AvgIpc) is 2.69. The van der Waals surface area contributed by atoms with Gasteiger partial charge >= 0.3 is 0 Å². The highest BCUT2D eigenvalue weighted by molar-refractivity contribution is 5.78. The van der Waals surface area contributed by atoms with Gasteiger partial charge in [-0.2, -0.15) is 0 Å². The molecule has 0 aliphatic carbocycles. The summed E-state index contributed by atoms with van der Waals surface area (Å²) in [5, 5.41) is 2.94. The van der Waals surface area contributed by atoms with Gasteiger partial charge in [-0.05, 0) is 43.3 Å². The molecule has 0 aliphatic heterocycles. The third kappa shape index (κ3) is 4.85. The Hall–Kier alpha value is -3.42. The number of hydrogen-bond acceptors (Lipinski definition) is 5. The molecule has 7 nitrogen and oxygen atoms in total. The monoisotopic (exact) mass is 385 g/mol. The lowest BCUT2D eigenvalue weighted by molar-refractivity contribution is -0.121. The normalized spacial score (nSPS) is 10.6. The van der Waals surface area contributed by atoms with Crippen molar-refractivity contribution in [2.75, 3.05) is 19.8 Å². The summed E-state index contributed by atoms with van der Waals surface area (Å²) in [5.41, 5.74) is -0.142. The lowest BCUT2D eigenvalue weighted by atomic mass is 10.2. The van der Waals surface area contributed by atoms with Gasteiger partial charge in [0.15, 0.2) is 0 Å². The molecule has 1 N–H and O–H groups in total. The molecule has 0 saturated heterocycles. The number of carbonyl (C=O) groups excluding carboxylic acids is 1. The molecule has 1 heterocycles. The van der Waals surface area contributed by atoms with E-state index in [1.807, 2.05) is 19.1 Å². The maximum atomic E-state index is 13.2. The van der Waals surface area contributed by atoms with Crippen molar-refractivity contribution in [3.05, 3.63) is 65.0 Å². The van der Waals surface area contributed by atoms with Crippen LogP contribution >= 0.6 is 0 Å². The number of benzene rings is 2. The molecule has 8 heteroatoms. The maximum Gasteiger partial charge on any atom is 0.261 e. The molecule has 0 unspecified atom stereocenters. The van der Waals surface area contributed by atoms with Crippen molar-refractivity contribution in [2.24, 2.45) is 0 Å². The van der Waals surface area contributed by atoms with Crippen LogP contribution in [0.1, 0.15) is 6.92 Å². The van der Waals surface area contributed by atoms with Gasteiger partial charge in [-0.1, -0.05) is 0 Å². The van der Waals surface area contributed by atoms with Crippen LogP contribution in [-0.2, 0) is 11.3 Å². The predicted octanol–water partition coefficient (Wildman–Crippen LogP) is 2.13. The van der Waals surface area contributed by atoms with Gasteiger partial charge in [0.25, 0.3) is 5.56 Å². The highest BCUT2D eigenvalue weighted by Crippen LogP contribution is 2.17. The van der Waals surface area contributed by atoms with Gasteiger partial charge < -0.3 is 14.8 Å². The first-order valence-electron chi connectivity index (χ1n) is 8.84. The molecule has 3 aromatic rings. The molecular weight excluding hydrogens is 365 g/mol. The second-order valence-electron chi connectivity index (χ2n) is 5.94. The molecule has 0 bridgehead atoms. The molecule has 0 fully saturated rings. The second-order valence-corrected chi connectivity index (χ2v) is 5.94. The molecule has 1 aromatic heterocycles. The average molecular weight is 385 g/mol. The summed E-state index contributed by atoms with van der Waals surface area (Å²) in [6, 6.07) is 10.9. The molecule has 1 amide bonds. The molecule has 28 heavy (non-hydrogen) atoms. The van der Waals surface area contributed by atoms with Crippen LogP contribution < -0.4 is 20.3 Å². The molecule has 3 rings (SSSR count). The smallest absolute Gasteiger partial charge is 0.261 e. The summed E-state index contributed by atoms with van der Waals surface area (Å²) in [4.78, 5) is 28.4. The Morgan fingerprint density at radius 1 is 1.14 bits per heavy atom. The van der Waals surface area contributed by atoms with Crippen molar-refractivity contribution in [3.63, 3.8) is 0 Å². The molecule has 0 aliphatic rings. The molecular formula is C20H20FN3O4. The summed E-state index contributed by atoms with van der Waals surface area (Å²) in [7, 11) is 0. The molecule has 146 valence electrons. The van der Waals surface area contributed by atoms with Crippen LogP contribution in [0.3, 0.4) is 0 Å². The Morgan fingerprint density at radius 2 is 1.86 bits per heavy atom. The topological polar surface area (TPSA) is 82.4 Å². The quantitative estimate of drug-likeness (QED) is 0.601. The van der Waals surface area contributed by atoms with Gasteiger partial charge in [-0.25, -0.2) is 9.37 Å². The molecule has 0 radical (unpaired) electrons. The zero-order valence-corrected chi connectivity index (χ0v) is 15.4. The van der Waals surface area contributed by atoms with Crippen LogP contribution in [0.25, 0.3) is 10.9 Å². The van der Waals surface area contributed by atoms with Crippen molar-refractivity contribution in [3.8, 4) is 11.5 Å². The van der Waals surface area contributed by atoms with Crippen LogP contribution in [0.15, 0.2) is 53.6 Å². The number of halogens is 1. The fourth-order valence-electron chi connectivity index (χ4n) is 2.61. The van der Waals surface area contributed by atoms with E-state index >= 15 is 0 Å². The van der Waals surface area contributed by atoms with Crippen LogP contribution in [0.4, 0.5) is 4.39 Å². The number of carbonyl (C=O) groups is 1. The molecule has 0 saturated carbocycles. The SMILES string of the molecule is CCOc1ccc(OCCNC(=O)Cn2cnc3cc(F)ccc3c2=O)cc1. The van der Waals surface area contributed by atoms with E-state index in [4.69, 9.17) is 9.47 Å². The van der Waals surface area contributed by atoms with E-state index in [2.05, 4.69) is 10.3 Å². The zero-order chi connectivity index (χ0) is 19.9. The summed E-state index contributed by atoms with van der Waals surface area (Å²) in [6.07, 6.45) is 1.24. The molecule has 0 spiro atoms. The van der Waals surface area contributed by atoms with E-state index in [0.717, 1.165) is 5.75 Å². The molecule has 2 aromatic carbocycles. The fourth-order valence-corrected chi connectivity index (χ4v) is 2.61. The van der Waals surface area contributed by atoms with Crippen LogP contribution in [0, 0.1) is 5.82 Å². The van der Waals surface area contributed by atoms with Crippen molar-refractivity contribution in [1.82, 2.24) is 14.9 Å². The minimum atomic E-state index is -0.470. The van der Waals surface area contributed by atoms with Gasteiger partial charge in [0.2, 0.25) is 5.91 Å². The van der Waals surface area contributed by atoms with Crippen molar-refractivity contribution >= 4 is 16.8 Å². The van der Waals surface area contributed by atoms with Gasteiger partial charge in [0.05, 0.1) is 30.4 Å². The van der Waals surface area contributed by atoms with Crippen molar-refractivity contribution in [1.29, 1.82) is 0 Å². The highest BCUT2D eigenvalue weighted by Gasteiger charge is 2.08. The second kappa shape index (κ2) is 8.98. The van der Waals surface area contributed by atoms with Crippen molar-refractivity contribution in [2.45, 2.75) is 13.5 Å². The number of hydrogen-bond donors (Lipinski definition) is 1. The Bertz CT molecular complexity index is 1020. The predicted molar refractivity (Wildman–Crippen MR) is 102 cm³/mol. The first kappa shape index (κ1) is 19.3. The largest absolute Gasteiger partial charge is 0.494 e. The van der Waals surface area contributed by atoms with Gasteiger partial charge in [-0.3, -0.25) is 14.2 Å². The first-order chi connectivity index (χ1) is 13.6. The lowest BCUT2D eigenvalue weighted by Gasteiger charge is -2.10. The summed E-state index contributed by atoms with van der Waals surface area (Å²) >= 11 is 0. The minimum Gasteiger partial charge on any atom is -0.494 e. The number of rotatable bonds is 8.